The van der Waals surface area contributed by atoms with Crippen molar-refractivity contribution in [1.82, 2.24) is 10.2 Å². The molecule has 3 aromatic carbocycles. The number of halogens is 2. The van der Waals surface area contributed by atoms with Crippen LogP contribution < -0.4 is 16.4 Å². The number of hydrogen-bond acceptors (Lipinski definition) is 4. The van der Waals surface area contributed by atoms with Crippen LogP contribution in [0.4, 0.5) is 11.5 Å². The molecule has 0 aliphatic rings. The summed E-state index contributed by atoms with van der Waals surface area (Å²) in [4.78, 5) is 13.1. The number of carbonyl (C=O) groups excluding carboxylic acids is 1. The number of aromatic amines is 1. The van der Waals surface area contributed by atoms with Crippen LogP contribution >= 0.6 is 23.2 Å². The summed E-state index contributed by atoms with van der Waals surface area (Å²) in [5.74, 6) is 0.129. The van der Waals surface area contributed by atoms with Crippen LogP contribution in [0.3, 0.4) is 0 Å². The van der Waals surface area contributed by atoms with Gasteiger partial charge < -0.3 is 16.4 Å². The van der Waals surface area contributed by atoms with E-state index in [2.05, 4.69) is 20.8 Å². The Labute approximate surface area is 196 Å². The molecule has 1 atom stereocenters. The molecule has 0 aliphatic heterocycles. The fourth-order valence-corrected chi connectivity index (χ4v) is 3.89. The number of hydrogen-bond donors (Lipinski definition) is 4. The first-order valence-corrected chi connectivity index (χ1v) is 11.0. The number of rotatable bonds is 8. The van der Waals surface area contributed by atoms with Crippen LogP contribution in [-0.4, -0.2) is 22.6 Å². The Kier molecular flexibility index (Phi) is 6.95. The van der Waals surface area contributed by atoms with E-state index >= 15 is 0 Å². The predicted molar refractivity (Wildman–Crippen MR) is 131 cm³/mol. The number of amides is 1. The van der Waals surface area contributed by atoms with Crippen LogP contribution in [0.1, 0.15) is 23.5 Å². The lowest BCUT2D eigenvalue weighted by Gasteiger charge is -2.17. The van der Waals surface area contributed by atoms with Crippen molar-refractivity contribution >= 4 is 51.5 Å². The summed E-state index contributed by atoms with van der Waals surface area (Å²) in [5, 5.41) is 15.5. The van der Waals surface area contributed by atoms with Gasteiger partial charge >= 0.3 is 0 Å². The number of anilines is 2. The maximum atomic E-state index is 13.1. The van der Waals surface area contributed by atoms with Gasteiger partial charge in [0.25, 0.3) is 0 Å². The second-order valence-corrected chi connectivity index (χ2v) is 8.28. The topological polar surface area (TPSA) is 95.8 Å². The minimum absolute atomic E-state index is 0.157. The lowest BCUT2D eigenvalue weighted by molar-refractivity contribution is -0.117. The molecule has 1 heterocycles. The zero-order valence-electron chi connectivity index (χ0n) is 17.2. The monoisotopic (exact) mass is 467 g/mol. The number of aromatic nitrogens is 2. The Morgan fingerprint density at radius 1 is 1.03 bits per heavy atom. The maximum Gasteiger partial charge on any atom is 0.231 e. The highest BCUT2D eigenvalue weighted by molar-refractivity contribution is 6.42. The van der Waals surface area contributed by atoms with Crippen LogP contribution in [0.2, 0.25) is 10.0 Å². The lowest BCUT2D eigenvalue weighted by Crippen LogP contribution is -2.23. The molecule has 0 bridgehead atoms. The largest absolute Gasteiger partial charge is 0.364 e. The normalized spacial score (nSPS) is 12.0. The van der Waals surface area contributed by atoms with E-state index in [-0.39, 0.29) is 5.91 Å². The van der Waals surface area contributed by atoms with Gasteiger partial charge in [0.1, 0.15) is 0 Å². The van der Waals surface area contributed by atoms with Crippen LogP contribution in [0, 0.1) is 0 Å². The Balaban J connectivity index is 1.53. The van der Waals surface area contributed by atoms with Crippen molar-refractivity contribution in [2.75, 3.05) is 17.2 Å². The van der Waals surface area contributed by atoms with Crippen LogP contribution in [0.25, 0.3) is 10.9 Å². The first-order chi connectivity index (χ1) is 15.5. The van der Waals surface area contributed by atoms with E-state index in [9.17, 15) is 4.79 Å². The molecule has 32 heavy (non-hydrogen) atoms. The average molecular weight is 468 g/mol. The second-order valence-electron chi connectivity index (χ2n) is 7.46. The number of benzene rings is 3. The van der Waals surface area contributed by atoms with Gasteiger partial charge in [0.15, 0.2) is 5.82 Å². The summed E-state index contributed by atoms with van der Waals surface area (Å²) >= 11 is 12.2. The Morgan fingerprint density at radius 2 is 1.84 bits per heavy atom. The minimum Gasteiger partial charge on any atom is -0.364 e. The number of H-pyrrole nitrogens is 1. The Hall–Kier alpha value is -3.06. The molecule has 0 spiro atoms. The molecular weight excluding hydrogens is 445 g/mol. The molecule has 4 rings (SSSR count). The first kappa shape index (κ1) is 22.1. The molecule has 4 aromatic rings. The second kappa shape index (κ2) is 10.0. The molecule has 0 fully saturated rings. The van der Waals surface area contributed by atoms with Crippen LogP contribution in [0.5, 0.6) is 0 Å². The summed E-state index contributed by atoms with van der Waals surface area (Å²) in [6.45, 7) is 1.01. The van der Waals surface area contributed by atoms with E-state index in [0.29, 0.717) is 35.2 Å². The van der Waals surface area contributed by atoms with Gasteiger partial charge in [-0.05, 0) is 54.4 Å². The van der Waals surface area contributed by atoms with E-state index in [1.54, 1.807) is 18.2 Å². The Morgan fingerprint density at radius 3 is 2.59 bits per heavy atom. The highest BCUT2D eigenvalue weighted by Crippen LogP contribution is 2.30. The van der Waals surface area contributed by atoms with Gasteiger partial charge in [-0.25, -0.2) is 0 Å². The number of nitrogens with zero attached hydrogens (tertiary/aromatic N) is 1. The quantitative estimate of drug-likeness (QED) is 0.273. The molecule has 0 saturated heterocycles. The summed E-state index contributed by atoms with van der Waals surface area (Å²) in [5.41, 5.74) is 9.25. The number of fused-ring (bicyclic) bond motifs is 1. The van der Waals surface area contributed by atoms with Gasteiger partial charge in [-0.3, -0.25) is 9.89 Å². The smallest absolute Gasteiger partial charge is 0.231 e. The summed E-state index contributed by atoms with van der Waals surface area (Å²) < 4.78 is 0. The molecule has 1 amide bonds. The van der Waals surface area contributed by atoms with E-state index in [1.807, 2.05) is 48.5 Å². The summed E-state index contributed by atoms with van der Waals surface area (Å²) in [6, 6.07) is 20.9. The average Bonchev–Trinajstić information content (AvgIpc) is 3.21. The maximum absolute atomic E-state index is 13.1. The molecule has 0 aliphatic carbocycles. The van der Waals surface area contributed by atoms with Crippen LogP contribution in [0.15, 0.2) is 66.7 Å². The number of nitrogens with two attached hydrogens (primary N) is 1. The first-order valence-electron chi connectivity index (χ1n) is 10.3. The third-order valence-corrected chi connectivity index (χ3v) is 5.99. The third kappa shape index (κ3) is 5.05. The van der Waals surface area contributed by atoms with E-state index in [1.165, 1.54) is 0 Å². The zero-order valence-corrected chi connectivity index (χ0v) is 18.8. The van der Waals surface area contributed by atoms with Gasteiger partial charge in [-0.1, -0.05) is 59.6 Å². The highest BCUT2D eigenvalue weighted by atomic mass is 35.5. The summed E-state index contributed by atoms with van der Waals surface area (Å²) in [6.07, 6.45) is 0.488. The van der Waals surface area contributed by atoms with Crippen molar-refractivity contribution in [3.63, 3.8) is 0 Å². The Bertz CT molecular complexity index is 1230. The van der Waals surface area contributed by atoms with Crippen LogP contribution in [-0.2, 0) is 11.3 Å². The molecule has 0 saturated carbocycles. The van der Waals surface area contributed by atoms with Crippen molar-refractivity contribution in [2.45, 2.75) is 18.9 Å². The molecule has 1 aromatic heterocycles. The zero-order chi connectivity index (χ0) is 22.5. The van der Waals surface area contributed by atoms with Crippen molar-refractivity contribution in [2.24, 2.45) is 5.73 Å². The fourth-order valence-electron chi connectivity index (χ4n) is 3.58. The molecule has 8 heteroatoms. The molecule has 1 unspecified atom stereocenters. The number of nitrogens with one attached hydrogen (secondary N) is 3. The predicted octanol–water partition coefficient (Wildman–Crippen LogP) is 5.55. The molecule has 164 valence electrons. The van der Waals surface area contributed by atoms with Gasteiger partial charge in [-0.15, -0.1) is 0 Å². The van der Waals surface area contributed by atoms with E-state index < -0.39 is 5.92 Å². The summed E-state index contributed by atoms with van der Waals surface area (Å²) in [7, 11) is 0. The minimum atomic E-state index is -0.439. The fraction of sp³-hybridized carbons (Fsp3) is 0.167. The van der Waals surface area contributed by atoms with Gasteiger partial charge in [-0.2, -0.15) is 5.10 Å². The lowest BCUT2D eigenvalue weighted by atomic mass is 9.94. The SMILES string of the molecule is NCCC(C(=O)Nc1ccc2[nH]nc(NCc3ccccc3)c2c1)c1ccc(Cl)c(Cl)c1. The van der Waals surface area contributed by atoms with Crippen molar-refractivity contribution in [3.8, 4) is 0 Å². The van der Waals surface area contributed by atoms with Gasteiger partial charge in [0.2, 0.25) is 5.91 Å². The highest BCUT2D eigenvalue weighted by Gasteiger charge is 2.21. The van der Waals surface area contributed by atoms with E-state index in [0.717, 1.165) is 27.8 Å². The number of carbonyl (C=O) groups is 1. The van der Waals surface area contributed by atoms with E-state index in [4.69, 9.17) is 28.9 Å². The third-order valence-electron chi connectivity index (χ3n) is 5.25. The molecule has 6 nitrogen and oxygen atoms in total. The molecule has 5 N–H and O–H groups in total. The van der Waals surface area contributed by atoms with Gasteiger partial charge in [0, 0.05) is 17.6 Å². The van der Waals surface area contributed by atoms with Crippen molar-refractivity contribution in [1.29, 1.82) is 0 Å². The van der Waals surface area contributed by atoms with Crippen molar-refractivity contribution < 1.29 is 4.79 Å². The van der Waals surface area contributed by atoms with Gasteiger partial charge in [0.05, 0.1) is 21.5 Å². The molecular formula is C24H23Cl2N5O. The standard InChI is InChI=1S/C24H23Cl2N5O/c25-20-8-6-16(12-21(20)26)18(10-11-27)24(32)29-17-7-9-22-19(13-17)23(31-30-22)28-14-15-4-2-1-3-5-15/h1-9,12-13,18H,10-11,14,27H2,(H,29,32)(H2,28,30,31). The van der Waals surface area contributed by atoms with Crippen molar-refractivity contribution in [3.05, 3.63) is 87.9 Å². The molecule has 0 radical (unpaired) electrons.